The zero-order chi connectivity index (χ0) is 52.7. The fourth-order valence-electron chi connectivity index (χ4n) is 15.3. The van der Waals surface area contributed by atoms with E-state index in [0.29, 0.717) is 6.10 Å². The first-order valence-corrected chi connectivity index (χ1v) is 31.8. The third-order valence-corrected chi connectivity index (χ3v) is 18.5. The zero-order valence-electron chi connectivity index (χ0n) is 49.0. The molecule has 404 valence electrons. The predicted octanol–water partition coefficient (Wildman–Crippen LogP) is 22.1. The van der Waals surface area contributed by atoms with Crippen LogP contribution in [0.25, 0.3) is 0 Å². The molecule has 0 amide bonds. The van der Waals surface area contributed by atoms with Crippen molar-refractivity contribution in [1.29, 1.82) is 0 Å². The molecule has 1 aliphatic heterocycles. The van der Waals surface area contributed by atoms with E-state index in [1.54, 1.807) is 44.5 Å². The summed E-state index contributed by atoms with van der Waals surface area (Å²) in [6, 6.07) is 45.0. The Balaban J connectivity index is 0.000000145. The molecule has 1 saturated heterocycles. The average molecular weight is 1000 g/mol. The smallest absolute Gasteiger partial charge is 0.0855 e. The van der Waals surface area contributed by atoms with Gasteiger partial charge < -0.3 is 4.74 Å². The lowest BCUT2D eigenvalue weighted by Crippen LogP contribution is -2.27. The maximum atomic E-state index is 5.91. The third kappa shape index (κ3) is 14.5. The Kier molecular flexibility index (Phi) is 25.6. The molecule has 15 rings (SSSR count). The van der Waals surface area contributed by atoms with Crippen molar-refractivity contribution in [2.24, 2.45) is 17.8 Å². The quantitative estimate of drug-likeness (QED) is 0.150. The molecule has 4 bridgehead atoms. The zero-order valence-corrected chi connectivity index (χ0v) is 49.0. The number of fused-ring (bicyclic) bond motifs is 19. The number of hydrogen-bond acceptors (Lipinski definition) is 1. The molecule has 1 heteroatoms. The summed E-state index contributed by atoms with van der Waals surface area (Å²) in [6.45, 7) is 21.0. The second-order valence-electron chi connectivity index (χ2n) is 21.9. The maximum absolute atomic E-state index is 5.91. The van der Waals surface area contributed by atoms with Crippen LogP contribution in [0.4, 0.5) is 0 Å². The lowest BCUT2D eigenvalue weighted by molar-refractivity contribution is -0.0362. The Bertz CT molecular complexity index is 2040. The van der Waals surface area contributed by atoms with Crippen molar-refractivity contribution >= 4 is 0 Å². The second kappa shape index (κ2) is 32.0. The normalized spacial score (nSPS) is 27.4. The van der Waals surface area contributed by atoms with Crippen LogP contribution in [0.5, 0.6) is 0 Å². The molecule has 10 unspecified atom stereocenters. The molecule has 5 aromatic rings. The first-order valence-electron chi connectivity index (χ1n) is 31.8. The van der Waals surface area contributed by atoms with Gasteiger partial charge in [0.2, 0.25) is 0 Å². The molecule has 4 saturated carbocycles. The molecule has 10 atom stereocenters. The van der Waals surface area contributed by atoms with Crippen molar-refractivity contribution in [2.75, 3.05) is 6.61 Å². The summed E-state index contributed by atoms with van der Waals surface area (Å²) in [7, 11) is 0. The first-order chi connectivity index (χ1) is 36.7. The van der Waals surface area contributed by atoms with Gasteiger partial charge >= 0.3 is 0 Å². The standard InChI is InChI=1S/2C14H18.C13H16O.2C11H12.5C2H6/c2*1-3-7-13-11(5-1)9-10-12-6-2-4-8-14(12)13;1-2-6-12-10(4-1)7-8-11-5-3-9-14-13(11)12;2*1-2-4-11-9-6-5-8(7-9)10(11)3-1;5*1-2/h2*1,3,5,7,12,14H,2,4,6,8-10H2;1-2,4,6,11,13H,3,5,7-9H2;2*1-4,8-9H,5-7H2;5*1-2H3. The van der Waals surface area contributed by atoms with E-state index in [2.05, 4.69) is 121 Å². The van der Waals surface area contributed by atoms with Gasteiger partial charge in [-0.05, 0) is 224 Å². The molecular weight excluding hydrogens is 893 g/mol. The molecule has 10 aliphatic rings. The third-order valence-electron chi connectivity index (χ3n) is 18.5. The highest BCUT2D eigenvalue weighted by molar-refractivity contribution is 5.42. The van der Waals surface area contributed by atoms with Gasteiger partial charge in [0, 0.05) is 6.61 Å². The molecule has 0 N–H and O–H groups in total. The molecule has 1 nitrogen and oxygen atoms in total. The van der Waals surface area contributed by atoms with Gasteiger partial charge in [-0.2, -0.15) is 0 Å². The lowest BCUT2D eigenvalue weighted by Gasteiger charge is -2.37. The minimum atomic E-state index is 0.411. The van der Waals surface area contributed by atoms with Gasteiger partial charge in [-0.1, -0.05) is 216 Å². The monoisotopic (exact) mass is 999 g/mol. The summed E-state index contributed by atoms with van der Waals surface area (Å²) in [4.78, 5) is 0. The number of benzene rings is 5. The van der Waals surface area contributed by atoms with Gasteiger partial charge in [0.25, 0.3) is 0 Å². The first kappa shape index (κ1) is 59.3. The SMILES string of the molecule is CC.CC.CC.CC.CC.c1ccc2c(c1)C1CCC2C1.c1ccc2c(c1)C1CCC2C1.c1ccc2c(c1)CCC1CCCCC21.c1ccc2c(c1)CCC1CCCCC21.c1ccc2c(c1)CCC1CCCOC21. The van der Waals surface area contributed by atoms with Crippen LogP contribution in [-0.2, 0) is 24.0 Å². The van der Waals surface area contributed by atoms with E-state index in [4.69, 9.17) is 4.74 Å². The van der Waals surface area contributed by atoms with Crippen LogP contribution < -0.4 is 0 Å². The van der Waals surface area contributed by atoms with Gasteiger partial charge in [-0.15, -0.1) is 0 Å². The van der Waals surface area contributed by atoms with Gasteiger partial charge in [0.15, 0.2) is 0 Å². The Hall–Kier alpha value is -3.94. The average Bonchev–Trinajstić information content (AvgIpc) is 4.35. The fourth-order valence-corrected chi connectivity index (χ4v) is 15.3. The minimum Gasteiger partial charge on any atom is -0.373 e. The predicted molar refractivity (Wildman–Crippen MR) is 323 cm³/mol. The highest BCUT2D eigenvalue weighted by atomic mass is 16.5. The van der Waals surface area contributed by atoms with E-state index in [1.807, 2.05) is 69.2 Å². The molecule has 0 aromatic heterocycles. The Labute approximate surface area is 455 Å². The summed E-state index contributed by atoms with van der Waals surface area (Å²) < 4.78 is 5.91. The number of aryl methyl sites for hydroxylation is 3. The highest BCUT2D eigenvalue weighted by Crippen LogP contribution is 2.54. The summed E-state index contributed by atoms with van der Waals surface area (Å²) in [5, 5.41) is 0. The van der Waals surface area contributed by atoms with E-state index in [0.717, 1.165) is 59.9 Å². The topological polar surface area (TPSA) is 9.23 Å². The highest BCUT2D eigenvalue weighted by Gasteiger charge is 2.38. The van der Waals surface area contributed by atoms with Crippen molar-refractivity contribution < 1.29 is 4.74 Å². The Morgan fingerprint density at radius 1 is 0.284 bits per heavy atom. The summed E-state index contributed by atoms with van der Waals surface area (Å²) in [5.74, 6) is 8.35. The molecule has 74 heavy (non-hydrogen) atoms. The van der Waals surface area contributed by atoms with Crippen molar-refractivity contribution in [1.82, 2.24) is 0 Å². The van der Waals surface area contributed by atoms with Crippen molar-refractivity contribution in [3.05, 3.63) is 177 Å². The van der Waals surface area contributed by atoms with Crippen molar-refractivity contribution in [3.8, 4) is 0 Å². The molecule has 0 radical (unpaired) electrons. The summed E-state index contributed by atoms with van der Waals surface area (Å²) >= 11 is 0. The van der Waals surface area contributed by atoms with Crippen LogP contribution in [-0.4, -0.2) is 6.61 Å². The van der Waals surface area contributed by atoms with Gasteiger partial charge in [0.05, 0.1) is 6.10 Å². The van der Waals surface area contributed by atoms with Crippen molar-refractivity contribution in [3.63, 3.8) is 0 Å². The Morgan fingerprint density at radius 2 is 0.581 bits per heavy atom. The largest absolute Gasteiger partial charge is 0.373 e. The maximum Gasteiger partial charge on any atom is 0.0855 e. The van der Waals surface area contributed by atoms with Crippen molar-refractivity contribution in [2.45, 2.75) is 252 Å². The van der Waals surface area contributed by atoms with Crippen LogP contribution in [0.3, 0.4) is 0 Å². The number of hydrogen-bond donors (Lipinski definition) is 0. The van der Waals surface area contributed by atoms with Crippen LogP contribution in [0.2, 0.25) is 0 Å². The molecule has 9 aliphatic carbocycles. The van der Waals surface area contributed by atoms with Gasteiger partial charge in [0.1, 0.15) is 0 Å². The van der Waals surface area contributed by atoms with E-state index < -0.39 is 0 Å². The van der Waals surface area contributed by atoms with E-state index in [9.17, 15) is 0 Å². The van der Waals surface area contributed by atoms with E-state index in [1.165, 1.54) is 152 Å². The molecular formula is C73H106O. The summed E-state index contributed by atoms with van der Waals surface area (Å²) in [5.41, 5.74) is 16.2. The van der Waals surface area contributed by atoms with E-state index in [-0.39, 0.29) is 0 Å². The van der Waals surface area contributed by atoms with Crippen LogP contribution in [0.1, 0.15) is 288 Å². The van der Waals surface area contributed by atoms with Gasteiger partial charge in [-0.25, -0.2) is 0 Å². The number of ether oxygens (including phenoxy) is 1. The molecule has 0 spiro atoms. The molecule has 1 heterocycles. The lowest BCUT2D eigenvalue weighted by atomic mass is 9.68. The Morgan fingerprint density at radius 3 is 0.973 bits per heavy atom. The fraction of sp³-hybridized carbons (Fsp3) is 0.589. The number of rotatable bonds is 0. The minimum absolute atomic E-state index is 0.411. The second-order valence-corrected chi connectivity index (χ2v) is 21.9. The van der Waals surface area contributed by atoms with Crippen LogP contribution in [0, 0.1) is 17.8 Å². The molecule has 5 fully saturated rings. The van der Waals surface area contributed by atoms with Crippen LogP contribution >= 0.6 is 0 Å². The van der Waals surface area contributed by atoms with Crippen LogP contribution in [0.15, 0.2) is 121 Å². The molecule has 5 aromatic carbocycles. The van der Waals surface area contributed by atoms with E-state index >= 15 is 0 Å². The summed E-state index contributed by atoms with van der Waals surface area (Å²) in [6.07, 6.45) is 31.5. The van der Waals surface area contributed by atoms with Gasteiger partial charge in [-0.3, -0.25) is 0 Å².